The fourth-order valence-electron chi connectivity index (χ4n) is 3.22. The van der Waals surface area contributed by atoms with Crippen LogP contribution >= 0.6 is 0 Å². The van der Waals surface area contributed by atoms with Crippen molar-refractivity contribution in [3.63, 3.8) is 0 Å². The Labute approximate surface area is 145 Å². The molecule has 0 spiro atoms. The molecule has 2 aromatic heterocycles. The number of furan rings is 1. The minimum absolute atomic E-state index is 0.246. The number of aromatic nitrogens is 3. The van der Waals surface area contributed by atoms with Gasteiger partial charge in [-0.3, -0.25) is 0 Å². The van der Waals surface area contributed by atoms with Crippen LogP contribution in [0, 0.1) is 5.82 Å². The number of aryl methyl sites for hydroxylation is 1. The summed E-state index contributed by atoms with van der Waals surface area (Å²) in [5, 5.41) is 12.0. The quantitative estimate of drug-likeness (QED) is 0.769. The lowest BCUT2D eigenvalue weighted by molar-refractivity contribution is 0.484. The van der Waals surface area contributed by atoms with E-state index in [9.17, 15) is 4.39 Å². The highest BCUT2D eigenvalue weighted by atomic mass is 19.1. The van der Waals surface area contributed by atoms with E-state index in [1.807, 2.05) is 12.1 Å². The van der Waals surface area contributed by atoms with Gasteiger partial charge in [0.25, 0.3) is 0 Å². The van der Waals surface area contributed by atoms with Gasteiger partial charge in [0.1, 0.15) is 29.0 Å². The molecule has 0 fully saturated rings. The summed E-state index contributed by atoms with van der Waals surface area (Å²) in [6.45, 7) is 2.29. The average Bonchev–Trinajstić information content (AvgIpc) is 3.17. The average molecular weight is 340 g/mol. The number of benzene rings is 1. The van der Waals surface area contributed by atoms with Crippen LogP contribution in [-0.4, -0.2) is 14.8 Å². The van der Waals surface area contributed by atoms with Crippen LogP contribution in [0.2, 0.25) is 0 Å². The molecule has 0 amide bonds. The number of hydrogen-bond acceptors (Lipinski definition) is 4. The van der Waals surface area contributed by atoms with Crippen molar-refractivity contribution in [3.05, 3.63) is 59.6 Å². The monoisotopic (exact) mass is 340 g/mol. The topological polar surface area (TPSA) is 55.9 Å². The number of halogens is 1. The van der Waals surface area contributed by atoms with Gasteiger partial charge < -0.3 is 14.3 Å². The Kier molecular flexibility index (Phi) is 4.61. The van der Waals surface area contributed by atoms with Crippen LogP contribution in [0.5, 0.6) is 0 Å². The smallest absolute Gasteiger partial charge is 0.147 e. The molecule has 0 saturated carbocycles. The molecular formula is C19H21FN4O. The molecule has 1 N–H and O–H groups in total. The van der Waals surface area contributed by atoms with E-state index in [0.29, 0.717) is 13.1 Å². The molecule has 1 aliphatic rings. The fraction of sp³-hybridized carbons (Fsp3) is 0.368. The van der Waals surface area contributed by atoms with E-state index in [1.54, 1.807) is 12.1 Å². The van der Waals surface area contributed by atoms with Gasteiger partial charge in [-0.25, -0.2) is 4.39 Å². The van der Waals surface area contributed by atoms with Gasteiger partial charge in [-0.1, -0.05) is 6.42 Å². The van der Waals surface area contributed by atoms with Crippen LogP contribution in [0.15, 0.2) is 40.8 Å². The van der Waals surface area contributed by atoms with Crippen LogP contribution < -0.4 is 5.32 Å². The van der Waals surface area contributed by atoms with Gasteiger partial charge in [0.2, 0.25) is 0 Å². The van der Waals surface area contributed by atoms with E-state index in [0.717, 1.165) is 41.7 Å². The molecule has 3 aromatic rings. The van der Waals surface area contributed by atoms with Crippen LogP contribution in [-0.2, 0) is 26.1 Å². The maximum Gasteiger partial charge on any atom is 0.147 e. The molecule has 0 unspecified atom stereocenters. The number of rotatable bonds is 5. The second-order valence-electron chi connectivity index (χ2n) is 6.37. The molecule has 4 rings (SSSR count). The van der Waals surface area contributed by atoms with Crippen molar-refractivity contribution < 1.29 is 8.81 Å². The molecule has 6 heteroatoms. The maximum absolute atomic E-state index is 13.0. The van der Waals surface area contributed by atoms with Crippen molar-refractivity contribution in [1.29, 1.82) is 0 Å². The van der Waals surface area contributed by atoms with Gasteiger partial charge in [-0.2, -0.15) is 0 Å². The number of nitrogens with zero attached hydrogens (tertiary/aromatic N) is 3. The van der Waals surface area contributed by atoms with E-state index in [2.05, 4.69) is 20.1 Å². The van der Waals surface area contributed by atoms with Crippen LogP contribution in [0.25, 0.3) is 11.3 Å². The van der Waals surface area contributed by atoms with E-state index in [4.69, 9.17) is 4.42 Å². The lowest BCUT2D eigenvalue weighted by Crippen LogP contribution is -2.17. The second kappa shape index (κ2) is 7.19. The maximum atomic E-state index is 13.0. The normalized spacial score (nSPS) is 14.3. The summed E-state index contributed by atoms with van der Waals surface area (Å²) in [6.07, 6.45) is 4.67. The van der Waals surface area contributed by atoms with Crippen molar-refractivity contribution in [1.82, 2.24) is 20.1 Å². The summed E-state index contributed by atoms with van der Waals surface area (Å²) in [5.41, 5.74) is 0.871. The number of nitrogens with one attached hydrogen (secondary N) is 1. The predicted octanol–water partition coefficient (Wildman–Crippen LogP) is 3.69. The zero-order chi connectivity index (χ0) is 17.1. The summed E-state index contributed by atoms with van der Waals surface area (Å²) < 4.78 is 21.1. The van der Waals surface area contributed by atoms with E-state index >= 15 is 0 Å². The van der Waals surface area contributed by atoms with Crippen molar-refractivity contribution >= 4 is 0 Å². The van der Waals surface area contributed by atoms with Crippen LogP contribution in [0.1, 0.15) is 36.7 Å². The number of fused-ring (bicyclic) bond motifs is 1. The third-order valence-corrected chi connectivity index (χ3v) is 4.56. The highest BCUT2D eigenvalue weighted by Crippen LogP contribution is 2.22. The van der Waals surface area contributed by atoms with Crippen LogP contribution in [0.4, 0.5) is 4.39 Å². The third kappa shape index (κ3) is 3.64. The van der Waals surface area contributed by atoms with Gasteiger partial charge in [0.05, 0.1) is 13.1 Å². The Hall–Kier alpha value is -2.47. The van der Waals surface area contributed by atoms with Crippen molar-refractivity contribution in [2.24, 2.45) is 0 Å². The molecule has 0 aliphatic carbocycles. The highest BCUT2D eigenvalue weighted by molar-refractivity contribution is 5.57. The van der Waals surface area contributed by atoms with Gasteiger partial charge in [-0.15, -0.1) is 10.2 Å². The zero-order valence-corrected chi connectivity index (χ0v) is 14.0. The molecule has 1 aromatic carbocycles. The van der Waals surface area contributed by atoms with E-state index < -0.39 is 0 Å². The third-order valence-electron chi connectivity index (χ3n) is 4.56. The van der Waals surface area contributed by atoms with Crippen LogP contribution in [0.3, 0.4) is 0 Å². The summed E-state index contributed by atoms with van der Waals surface area (Å²) in [7, 11) is 0. The predicted molar refractivity (Wildman–Crippen MR) is 92.2 cm³/mol. The second-order valence-corrected chi connectivity index (χ2v) is 6.37. The first-order valence-corrected chi connectivity index (χ1v) is 8.76. The van der Waals surface area contributed by atoms with Gasteiger partial charge in [-0.05, 0) is 49.2 Å². The summed E-state index contributed by atoms with van der Waals surface area (Å²) in [5.74, 6) is 3.43. The molecule has 1 aliphatic heterocycles. The Balaban J connectivity index is 1.36. The molecule has 3 heterocycles. The molecule has 5 nitrogen and oxygen atoms in total. The van der Waals surface area contributed by atoms with E-state index in [1.165, 1.54) is 31.4 Å². The molecule has 0 saturated heterocycles. The lowest BCUT2D eigenvalue weighted by atomic mass is 10.2. The molecular weight excluding hydrogens is 319 g/mol. The Morgan fingerprint density at radius 1 is 1.00 bits per heavy atom. The molecule has 130 valence electrons. The standard InChI is InChI=1S/C19H21FN4O/c20-15-7-5-14(6-8-15)17-10-9-16(25-17)12-21-13-19-23-22-18-4-2-1-3-11-24(18)19/h5-10,21H,1-4,11-13H2. The number of hydrogen-bond donors (Lipinski definition) is 1. The summed E-state index contributed by atoms with van der Waals surface area (Å²) >= 11 is 0. The highest BCUT2D eigenvalue weighted by Gasteiger charge is 2.14. The van der Waals surface area contributed by atoms with Gasteiger partial charge in [0, 0.05) is 18.5 Å². The Morgan fingerprint density at radius 2 is 1.88 bits per heavy atom. The van der Waals surface area contributed by atoms with Crippen molar-refractivity contribution in [2.45, 2.75) is 45.3 Å². The minimum Gasteiger partial charge on any atom is -0.460 e. The summed E-state index contributed by atoms with van der Waals surface area (Å²) in [6, 6.07) is 10.2. The molecule has 0 atom stereocenters. The van der Waals surface area contributed by atoms with Gasteiger partial charge >= 0.3 is 0 Å². The molecule has 0 radical (unpaired) electrons. The molecule has 0 bridgehead atoms. The summed E-state index contributed by atoms with van der Waals surface area (Å²) in [4.78, 5) is 0. The first-order valence-electron chi connectivity index (χ1n) is 8.76. The first-order chi connectivity index (χ1) is 12.3. The van der Waals surface area contributed by atoms with Crippen molar-refractivity contribution in [3.8, 4) is 11.3 Å². The Morgan fingerprint density at radius 3 is 2.76 bits per heavy atom. The largest absolute Gasteiger partial charge is 0.460 e. The zero-order valence-electron chi connectivity index (χ0n) is 14.0. The first kappa shape index (κ1) is 16.0. The van der Waals surface area contributed by atoms with Crippen molar-refractivity contribution in [2.75, 3.05) is 0 Å². The minimum atomic E-state index is -0.246. The van der Waals surface area contributed by atoms with E-state index in [-0.39, 0.29) is 5.82 Å². The lowest BCUT2D eigenvalue weighted by Gasteiger charge is -2.07. The van der Waals surface area contributed by atoms with Gasteiger partial charge in [0.15, 0.2) is 0 Å². The SMILES string of the molecule is Fc1ccc(-c2ccc(CNCc3nnc4n3CCCCC4)o2)cc1. The Bertz CT molecular complexity index is 837. The molecule has 25 heavy (non-hydrogen) atoms. The fourth-order valence-corrected chi connectivity index (χ4v) is 3.22.